The first-order valence-corrected chi connectivity index (χ1v) is 7.99. The lowest BCUT2D eigenvalue weighted by Crippen LogP contribution is -1.99. The van der Waals surface area contributed by atoms with Gasteiger partial charge < -0.3 is 10.3 Å². The summed E-state index contributed by atoms with van der Waals surface area (Å²) >= 11 is 12.1. The highest BCUT2D eigenvalue weighted by Gasteiger charge is 2.21. The van der Waals surface area contributed by atoms with Crippen LogP contribution in [0, 0.1) is 0 Å². The molecule has 1 fully saturated rings. The van der Waals surface area contributed by atoms with Gasteiger partial charge >= 0.3 is 0 Å². The van der Waals surface area contributed by atoms with E-state index in [1.807, 2.05) is 0 Å². The van der Waals surface area contributed by atoms with Gasteiger partial charge in [0.05, 0.1) is 15.7 Å². The van der Waals surface area contributed by atoms with Gasteiger partial charge in [-0.15, -0.1) is 0 Å². The smallest absolute Gasteiger partial charge is 0.258 e. The van der Waals surface area contributed by atoms with Gasteiger partial charge in [0.15, 0.2) is 5.82 Å². The molecule has 1 saturated carbocycles. The molecule has 0 saturated heterocycles. The van der Waals surface area contributed by atoms with Gasteiger partial charge in [-0.25, -0.2) is 0 Å². The molecule has 0 aliphatic heterocycles. The molecule has 4 nitrogen and oxygen atoms in total. The van der Waals surface area contributed by atoms with E-state index in [-0.39, 0.29) is 0 Å². The molecule has 3 rings (SSSR count). The van der Waals surface area contributed by atoms with Crippen LogP contribution >= 0.6 is 23.2 Å². The highest BCUT2D eigenvalue weighted by Crippen LogP contribution is 2.35. The molecular weight excluding hydrogens is 309 g/mol. The van der Waals surface area contributed by atoms with E-state index in [0.717, 1.165) is 18.7 Å². The summed E-state index contributed by atoms with van der Waals surface area (Å²) in [5, 5.41) is 4.93. The van der Waals surface area contributed by atoms with Gasteiger partial charge in [-0.1, -0.05) is 54.0 Å². The Labute approximate surface area is 133 Å². The number of nitrogens with zero attached hydrogens (tertiary/aromatic N) is 2. The molecule has 2 aromatic rings. The topological polar surface area (TPSA) is 64.9 Å². The van der Waals surface area contributed by atoms with E-state index in [1.165, 1.54) is 25.7 Å². The van der Waals surface area contributed by atoms with Crippen molar-refractivity contribution in [3.63, 3.8) is 0 Å². The Kier molecular flexibility index (Phi) is 4.36. The Morgan fingerprint density at radius 2 is 1.67 bits per heavy atom. The lowest BCUT2D eigenvalue weighted by Gasteiger charge is -2.07. The van der Waals surface area contributed by atoms with Crippen molar-refractivity contribution in [1.82, 2.24) is 10.1 Å². The number of hydrogen-bond donors (Lipinski definition) is 1. The first kappa shape index (κ1) is 14.7. The number of halogens is 2. The summed E-state index contributed by atoms with van der Waals surface area (Å²) in [7, 11) is 0. The first-order valence-electron chi connectivity index (χ1n) is 7.23. The zero-order valence-electron chi connectivity index (χ0n) is 11.6. The van der Waals surface area contributed by atoms with Gasteiger partial charge in [0.2, 0.25) is 0 Å². The van der Waals surface area contributed by atoms with Crippen molar-refractivity contribution >= 4 is 28.9 Å². The van der Waals surface area contributed by atoms with Gasteiger partial charge in [0, 0.05) is 11.5 Å². The Bertz CT molecular complexity index is 611. The third-order valence-electron chi connectivity index (χ3n) is 3.99. The molecule has 6 heteroatoms. The van der Waals surface area contributed by atoms with Crippen LogP contribution in [-0.2, 0) is 0 Å². The molecule has 0 bridgehead atoms. The summed E-state index contributed by atoms with van der Waals surface area (Å²) in [4.78, 5) is 4.52. The summed E-state index contributed by atoms with van der Waals surface area (Å²) in [6.07, 6.45) is 7.31. The zero-order chi connectivity index (χ0) is 14.8. The molecular formula is C15H17Cl2N3O. The average Bonchev–Trinajstić information content (AvgIpc) is 2.80. The maximum absolute atomic E-state index is 6.05. The first-order chi connectivity index (χ1) is 10.1. The Hall–Kier alpha value is -1.26. The van der Waals surface area contributed by atoms with Crippen LogP contribution < -0.4 is 5.73 Å². The Balaban J connectivity index is 1.87. The molecule has 1 aliphatic rings. The molecule has 0 radical (unpaired) electrons. The molecule has 1 heterocycles. The second kappa shape index (κ2) is 6.24. The van der Waals surface area contributed by atoms with Crippen molar-refractivity contribution in [3.8, 4) is 11.5 Å². The van der Waals surface area contributed by atoms with E-state index in [4.69, 9.17) is 33.5 Å². The molecule has 2 N–H and O–H groups in total. The monoisotopic (exact) mass is 325 g/mol. The van der Waals surface area contributed by atoms with Gasteiger partial charge in [-0.2, -0.15) is 4.98 Å². The quantitative estimate of drug-likeness (QED) is 0.618. The molecule has 0 unspecified atom stereocenters. The lowest BCUT2D eigenvalue weighted by molar-refractivity contribution is 0.410. The number of benzene rings is 1. The average molecular weight is 326 g/mol. The van der Waals surface area contributed by atoms with E-state index < -0.39 is 0 Å². The number of nitrogen functional groups attached to an aromatic ring is 1. The standard InChI is InChI=1S/C15H17Cl2N3O/c16-11-7-10(8-12(17)13(11)18)15-19-14(20-21-15)9-5-3-1-2-4-6-9/h7-9H,1-6,18H2. The van der Waals surface area contributed by atoms with Crippen LogP contribution in [0.4, 0.5) is 5.69 Å². The number of aromatic nitrogens is 2. The van der Waals surface area contributed by atoms with Crippen LogP contribution in [0.25, 0.3) is 11.5 Å². The van der Waals surface area contributed by atoms with Crippen LogP contribution in [-0.4, -0.2) is 10.1 Å². The van der Waals surface area contributed by atoms with Crippen LogP contribution in [0.5, 0.6) is 0 Å². The fraction of sp³-hybridized carbons (Fsp3) is 0.467. The SMILES string of the molecule is Nc1c(Cl)cc(-c2nc(C3CCCCCC3)no2)cc1Cl. The predicted octanol–water partition coefficient (Wildman–Crippen LogP) is 5.06. The number of rotatable bonds is 2. The van der Waals surface area contributed by atoms with Gasteiger partial charge in [-0.3, -0.25) is 0 Å². The van der Waals surface area contributed by atoms with Crippen molar-refractivity contribution in [2.45, 2.75) is 44.4 Å². The molecule has 112 valence electrons. The van der Waals surface area contributed by atoms with E-state index in [1.54, 1.807) is 12.1 Å². The maximum Gasteiger partial charge on any atom is 0.258 e. The Morgan fingerprint density at radius 1 is 1.05 bits per heavy atom. The summed E-state index contributed by atoms with van der Waals surface area (Å²) in [6, 6.07) is 3.40. The summed E-state index contributed by atoms with van der Waals surface area (Å²) < 4.78 is 5.38. The molecule has 21 heavy (non-hydrogen) atoms. The highest BCUT2D eigenvalue weighted by molar-refractivity contribution is 6.39. The Morgan fingerprint density at radius 3 is 2.29 bits per heavy atom. The maximum atomic E-state index is 6.05. The van der Waals surface area contributed by atoms with E-state index in [2.05, 4.69) is 10.1 Å². The second-order valence-electron chi connectivity index (χ2n) is 5.50. The van der Waals surface area contributed by atoms with Gasteiger partial charge in [0.25, 0.3) is 5.89 Å². The number of anilines is 1. The van der Waals surface area contributed by atoms with E-state index in [9.17, 15) is 0 Å². The van der Waals surface area contributed by atoms with Crippen LogP contribution in [0.3, 0.4) is 0 Å². The minimum atomic E-state index is 0.366. The molecule has 1 aliphatic carbocycles. The summed E-state index contributed by atoms with van der Waals surface area (Å²) in [5.74, 6) is 1.62. The third kappa shape index (κ3) is 3.16. The van der Waals surface area contributed by atoms with Crippen LogP contribution in [0.2, 0.25) is 10.0 Å². The van der Waals surface area contributed by atoms with E-state index >= 15 is 0 Å². The largest absolute Gasteiger partial charge is 0.396 e. The minimum Gasteiger partial charge on any atom is -0.396 e. The zero-order valence-corrected chi connectivity index (χ0v) is 13.1. The highest BCUT2D eigenvalue weighted by atomic mass is 35.5. The van der Waals surface area contributed by atoms with Crippen molar-refractivity contribution in [2.24, 2.45) is 0 Å². The van der Waals surface area contributed by atoms with Crippen molar-refractivity contribution in [3.05, 3.63) is 28.0 Å². The minimum absolute atomic E-state index is 0.366. The number of nitrogens with two attached hydrogens (primary N) is 1. The second-order valence-corrected chi connectivity index (χ2v) is 6.31. The fourth-order valence-electron chi connectivity index (χ4n) is 2.76. The fourth-order valence-corrected chi connectivity index (χ4v) is 3.25. The molecule has 1 aromatic carbocycles. The van der Waals surface area contributed by atoms with E-state index in [0.29, 0.717) is 33.1 Å². The van der Waals surface area contributed by atoms with Crippen molar-refractivity contribution < 1.29 is 4.52 Å². The third-order valence-corrected chi connectivity index (χ3v) is 4.61. The molecule has 0 amide bonds. The molecule has 0 atom stereocenters. The predicted molar refractivity (Wildman–Crippen MR) is 84.6 cm³/mol. The van der Waals surface area contributed by atoms with Crippen LogP contribution in [0.1, 0.15) is 50.3 Å². The van der Waals surface area contributed by atoms with Crippen LogP contribution in [0.15, 0.2) is 16.7 Å². The number of hydrogen-bond acceptors (Lipinski definition) is 4. The summed E-state index contributed by atoms with van der Waals surface area (Å²) in [6.45, 7) is 0. The lowest BCUT2D eigenvalue weighted by atomic mass is 10.00. The normalized spacial score (nSPS) is 16.9. The van der Waals surface area contributed by atoms with Gasteiger partial charge in [-0.05, 0) is 25.0 Å². The summed E-state index contributed by atoms with van der Waals surface area (Å²) in [5.41, 5.74) is 6.80. The van der Waals surface area contributed by atoms with Gasteiger partial charge in [0.1, 0.15) is 0 Å². The van der Waals surface area contributed by atoms with Crippen molar-refractivity contribution in [2.75, 3.05) is 5.73 Å². The molecule has 0 spiro atoms. The molecule has 1 aromatic heterocycles. The van der Waals surface area contributed by atoms with Crippen molar-refractivity contribution in [1.29, 1.82) is 0 Å².